The monoisotopic (exact) mass is 425 g/mol. The van der Waals surface area contributed by atoms with Gasteiger partial charge in [-0.1, -0.05) is 12.1 Å². The summed E-state index contributed by atoms with van der Waals surface area (Å²) in [6.07, 6.45) is 3.72. The minimum absolute atomic E-state index is 0.0390. The normalized spacial score (nSPS) is 16.5. The topological polar surface area (TPSA) is 74.9 Å². The first-order valence-corrected chi connectivity index (χ1v) is 10.0. The van der Waals surface area contributed by atoms with Gasteiger partial charge in [-0.05, 0) is 43.2 Å². The highest BCUT2D eigenvalue weighted by atomic mass is 19.1. The molecule has 1 unspecified atom stereocenters. The number of aliphatic imine (C=N–C) groups is 1. The van der Waals surface area contributed by atoms with Crippen molar-refractivity contribution in [3.05, 3.63) is 75.6 Å². The van der Waals surface area contributed by atoms with Crippen molar-refractivity contribution in [2.45, 2.75) is 25.9 Å². The van der Waals surface area contributed by atoms with Gasteiger partial charge in [0.2, 0.25) is 5.43 Å². The minimum atomic E-state index is -1.33. The highest BCUT2D eigenvalue weighted by Crippen LogP contribution is 2.29. The van der Waals surface area contributed by atoms with Gasteiger partial charge in [-0.15, -0.1) is 0 Å². The summed E-state index contributed by atoms with van der Waals surface area (Å²) in [6.45, 7) is 3.36. The van der Waals surface area contributed by atoms with Crippen molar-refractivity contribution in [3.8, 4) is 0 Å². The number of rotatable bonds is 5. The van der Waals surface area contributed by atoms with Crippen LogP contribution in [0.5, 0.6) is 0 Å². The average Bonchev–Trinajstić information content (AvgIpc) is 3.22. The van der Waals surface area contributed by atoms with Crippen LogP contribution in [-0.4, -0.2) is 41.0 Å². The van der Waals surface area contributed by atoms with Crippen LogP contribution >= 0.6 is 0 Å². The van der Waals surface area contributed by atoms with Crippen molar-refractivity contribution < 1.29 is 18.7 Å². The molecule has 1 saturated heterocycles. The van der Waals surface area contributed by atoms with E-state index in [9.17, 15) is 23.5 Å². The van der Waals surface area contributed by atoms with Gasteiger partial charge in [-0.25, -0.2) is 13.6 Å². The quantitative estimate of drug-likeness (QED) is 0.633. The van der Waals surface area contributed by atoms with Gasteiger partial charge in [0.25, 0.3) is 0 Å². The fourth-order valence-electron chi connectivity index (χ4n) is 3.88. The third-order valence-electron chi connectivity index (χ3n) is 5.53. The molecule has 1 fully saturated rings. The summed E-state index contributed by atoms with van der Waals surface area (Å²) in [6, 6.07) is 8.72. The number of carboxylic acids is 1. The predicted octanol–water partition coefficient (Wildman–Crippen LogP) is 3.70. The summed E-state index contributed by atoms with van der Waals surface area (Å²) in [5, 5.41) is 9.32. The highest BCUT2D eigenvalue weighted by Gasteiger charge is 2.25. The first-order valence-electron chi connectivity index (χ1n) is 10.0. The van der Waals surface area contributed by atoms with Gasteiger partial charge < -0.3 is 14.6 Å². The van der Waals surface area contributed by atoms with Crippen molar-refractivity contribution in [2.75, 3.05) is 18.0 Å². The Labute approximate surface area is 177 Å². The number of aromatic nitrogens is 1. The average molecular weight is 425 g/mol. The van der Waals surface area contributed by atoms with Crippen LogP contribution in [0.25, 0.3) is 10.9 Å². The molecule has 1 aromatic heterocycles. The lowest BCUT2D eigenvalue weighted by Gasteiger charge is -2.20. The highest BCUT2D eigenvalue weighted by molar-refractivity contribution is 5.93. The van der Waals surface area contributed by atoms with E-state index in [-0.39, 0.29) is 22.8 Å². The van der Waals surface area contributed by atoms with E-state index in [2.05, 4.69) is 4.99 Å². The largest absolute Gasteiger partial charge is 0.477 e. The molecule has 1 atom stereocenters. The fourth-order valence-corrected chi connectivity index (χ4v) is 3.88. The van der Waals surface area contributed by atoms with Gasteiger partial charge in [0.15, 0.2) is 0 Å². The van der Waals surface area contributed by atoms with Gasteiger partial charge in [-0.2, -0.15) is 0 Å². The Bertz CT molecular complexity index is 1240. The van der Waals surface area contributed by atoms with Crippen molar-refractivity contribution in [1.82, 2.24) is 4.57 Å². The Hall–Kier alpha value is -3.55. The number of hydrogen-bond acceptors (Lipinski definition) is 4. The van der Waals surface area contributed by atoms with Crippen molar-refractivity contribution in [3.63, 3.8) is 0 Å². The summed E-state index contributed by atoms with van der Waals surface area (Å²) in [7, 11) is 0. The second-order valence-electron chi connectivity index (χ2n) is 7.50. The van der Waals surface area contributed by atoms with E-state index in [1.807, 2.05) is 11.8 Å². The molecular formula is C23H21F2N3O3. The molecule has 0 bridgehead atoms. The Kier molecular flexibility index (Phi) is 5.54. The number of carbonyl (C=O) groups is 1. The van der Waals surface area contributed by atoms with Crippen molar-refractivity contribution >= 4 is 28.8 Å². The van der Waals surface area contributed by atoms with E-state index in [4.69, 9.17) is 0 Å². The van der Waals surface area contributed by atoms with E-state index < -0.39 is 17.2 Å². The number of aryl methyl sites for hydroxylation is 1. The lowest BCUT2D eigenvalue weighted by Crippen LogP contribution is -2.23. The molecule has 1 N–H and O–H groups in total. The molecular weight excluding hydrogens is 404 g/mol. The Balaban J connectivity index is 1.63. The number of aromatic carboxylic acids is 1. The standard InChI is InChI=1S/C23H21F2N3O3/c1-2-27-13-18(23(30)31)22(29)17-9-19(25)21(10-20(17)27)28-8-7-16(12-28)26-11-14-3-5-15(24)6-4-14/h3-6,9-11,13,16H,2,7-8,12H2,1H3,(H,30,31). The molecule has 1 aliphatic heterocycles. The van der Waals surface area contributed by atoms with Gasteiger partial charge in [0.05, 0.1) is 17.2 Å². The molecule has 2 aromatic carbocycles. The molecule has 4 rings (SSSR count). The molecule has 0 spiro atoms. The Morgan fingerprint density at radius 3 is 2.68 bits per heavy atom. The first kappa shape index (κ1) is 20.7. The maximum atomic E-state index is 14.9. The van der Waals surface area contributed by atoms with Crippen LogP contribution in [0.15, 0.2) is 52.4 Å². The molecule has 0 radical (unpaired) electrons. The molecule has 0 amide bonds. The van der Waals surface area contributed by atoms with Gasteiger partial charge in [-0.3, -0.25) is 9.79 Å². The van der Waals surface area contributed by atoms with E-state index in [0.717, 1.165) is 18.1 Å². The van der Waals surface area contributed by atoms with Crippen LogP contribution < -0.4 is 10.3 Å². The van der Waals surface area contributed by atoms with Gasteiger partial charge in [0.1, 0.15) is 17.2 Å². The zero-order valence-corrected chi connectivity index (χ0v) is 16.9. The van der Waals surface area contributed by atoms with Crippen LogP contribution in [0.1, 0.15) is 29.3 Å². The molecule has 8 heteroatoms. The van der Waals surface area contributed by atoms with Crippen molar-refractivity contribution in [2.24, 2.45) is 4.99 Å². The summed E-state index contributed by atoms with van der Waals surface area (Å²) in [5.41, 5.74) is 0.570. The fraction of sp³-hybridized carbons (Fsp3) is 0.261. The smallest absolute Gasteiger partial charge is 0.341 e. The molecule has 1 aliphatic rings. The molecule has 160 valence electrons. The summed E-state index contributed by atoms with van der Waals surface area (Å²) < 4.78 is 29.6. The number of halogens is 2. The first-order chi connectivity index (χ1) is 14.9. The molecule has 0 aliphatic carbocycles. The van der Waals surface area contributed by atoms with Crippen LogP contribution in [0.3, 0.4) is 0 Å². The van der Waals surface area contributed by atoms with Gasteiger partial charge >= 0.3 is 5.97 Å². The number of anilines is 1. The summed E-state index contributed by atoms with van der Waals surface area (Å²) in [5.74, 6) is -2.21. The Morgan fingerprint density at radius 1 is 1.26 bits per heavy atom. The van der Waals surface area contributed by atoms with E-state index in [0.29, 0.717) is 30.8 Å². The van der Waals surface area contributed by atoms with E-state index in [1.165, 1.54) is 18.3 Å². The molecule has 2 heterocycles. The molecule has 6 nitrogen and oxygen atoms in total. The molecule has 3 aromatic rings. The lowest BCUT2D eigenvalue weighted by atomic mass is 10.1. The third kappa shape index (κ3) is 4.05. The predicted molar refractivity (Wildman–Crippen MR) is 115 cm³/mol. The summed E-state index contributed by atoms with van der Waals surface area (Å²) in [4.78, 5) is 30.3. The maximum absolute atomic E-state index is 14.9. The van der Waals surface area contributed by atoms with Crippen LogP contribution in [0.4, 0.5) is 14.5 Å². The summed E-state index contributed by atoms with van der Waals surface area (Å²) >= 11 is 0. The Morgan fingerprint density at radius 2 is 2.00 bits per heavy atom. The SMILES string of the molecule is CCn1cc(C(=O)O)c(=O)c2cc(F)c(N3CCC(N=Cc4ccc(F)cc4)C3)cc21. The third-order valence-corrected chi connectivity index (χ3v) is 5.53. The van der Waals surface area contributed by atoms with Crippen LogP contribution in [-0.2, 0) is 6.54 Å². The zero-order valence-electron chi connectivity index (χ0n) is 16.9. The maximum Gasteiger partial charge on any atom is 0.341 e. The number of nitrogens with zero attached hydrogens (tertiary/aromatic N) is 3. The second kappa shape index (κ2) is 8.29. The van der Waals surface area contributed by atoms with Crippen molar-refractivity contribution in [1.29, 1.82) is 0 Å². The number of pyridine rings is 1. The van der Waals surface area contributed by atoms with E-state index >= 15 is 0 Å². The van der Waals surface area contributed by atoms with E-state index in [1.54, 1.807) is 29.0 Å². The lowest BCUT2D eigenvalue weighted by molar-refractivity contribution is 0.0695. The van der Waals surface area contributed by atoms with Gasteiger partial charge in [0, 0.05) is 37.4 Å². The molecule has 31 heavy (non-hydrogen) atoms. The minimum Gasteiger partial charge on any atom is -0.477 e. The van der Waals surface area contributed by atoms with Crippen LogP contribution in [0.2, 0.25) is 0 Å². The molecule has 0 saturated carbocycles. The van der Waals surface area contributed by atoms with Crippen LogP contribution in [0, 0.1) is 11.6 Å². The second-order valence-corrected chi connectivity index (χ2v) is 7.50. The zero-order chi connectivity index (χ0) is 22.1. The number of benzene rings is 2. The number of carboxylic acid groups (broad SMARTS) is 1. The number of fused-ring (bicyclic) bond motifs is 1. The number of hydrogen-bond donors (Lipinski definition) is 1.